The van der Waals surface area contributed by atoms with E-state index in [2.05, 4.69) is 0 Å². The standard InChI is InChI=1S/C9H13NO5S/c1-6(11)10-3-9(4-10)5-16(14,15)2-7(9)8(12)13/h7H,2-5H2,1H3,(H,12,13). The Bertz CT molecular complexity index is 449. The average Bonchev–Trinajstić information content (AvgIpc) is 2.34. The number of amides is 1. The Balaban J connectivity index is 2.22. The molecule has 0 bridgehead atoms. The van der Waals surface area contributed by atoms with Crippen molar-refractivity contribution in [2.24, 2.45) is 11.3 Å². The smallest absolute Gasteiger partial charge is 0.308 e. The molecule has 1 atom stereocenters. The van der Waals surface area contributed by atoms with Gasteiger partial charge in [0.05, 0.1) is 17.4 Å². The number of carboxylic acids is 1. The predicted octanol–water partition coefficient (Wildman–Crippen LogP) is -1.04. The van der Waals surface area contributed by atoms with Crippen molar-refractivity contribution in [2.75, 3.05) is 24.6 Å². The van der Waals surface area contributed by atoms with Crippen LogP contribution in [0.5, 0.6) is 0 Å². The van der Waals surface area contributed by atoms with Gasteiger partial charge in [-0.05, 0) is 0 Å². The normalized spacial score (nSPS) is 30.1. The minimum absolute atomic E-state index is 0.110. The lowest BCUT2D eigenvalue weighted by atomic mass is 9.71. The van der Waals surface area contributed by atoms with E-state index in [1.165, 1.54) is 11.8 Å². The fraction of sp³-hybridized carbons (Fsp3) is 0.778. The van der Waals surface area contributed by atoms with Gasteiger partial charge in [-0.3, -0.25) is 9.59 Å². The summed E-state index contributed by atoms with van der Waals surface area (Å²) in [5, 5.41) is 9.00. The summed E-state index contributed by atoms with van der Waals surface area (Å²) in [4.78, 5) is 23.5. The molecule has 2 saturated heterocycles. The first-order valence-electron chi connectivity index (χ1n) is 4.94. The van der Waals surface area contributed by atoms with Crippen molar-refractivity contribution < 1.29 is 23.1 Å². The van der Waals surface area contributed by atoms with Crippen LogP contribution in [0.15, 0.2) is 0 Å². The van der Waals surface area contributed by atoms with Gasteiger partial charge in [0, 0.05) is 25.4 Å². The van der Waals surface area contributed by atoms with E-state index in [1.807, 2.05) is 0 Å². The zero-order valence-electron chi connectivity index (χ0n) is 8.84. The highest BCUT2D eigenvalue weighted by Crippen LogP contribution is 2.45. The van der Waals surface area contributed by atoms with Gasteiger partial charge in [0.2, 0.25) is 5.91 Å². The molecule has 6 nitrogen and oxygen atoms in total. The maximum Gasteiger partial charge on any atom is 0.308 e. The van der Waals surface area contributed by atoms with Crippen LogP contribution in [0.1, 0.15) is 6.92 Å². The Morgan fingerprint density at radius 1 is 1.38 bits per heavy atom. The molecule has 0 saturated carbocycles. The molecule has 0 aromatic carbocycles. The summed E-state index contributed by atoms with van der Waals surface area (Å²) in [7, 11) is -3.28. The van der Waals surface area contributed by atoms with Crippen LogP contribution in [0, 0.1) is 11.3 Å². The number of rotatable bonds is 1. The highest BCUT2D eigenvalue weighted by Gasteiger charge is 2.60. The summed E-state index contributed by atoms with van der Waals surface area (Å²) in [6.45, 7) is 1.89. The maximum atomic E-state index is 11.5. The highest BCUT2D eigenvalue weighted by atomic mass is 32.2. The summed E-state index contributed by atoms with van der Waals surface area (Å²) in [6, 6.07) is 0. The number of likely N-dealkylation sites (tertiary alicyclic amines) is 1. The van der Waals surface area contributed by atoms with Crippen LogP contribution in [0.25, 0.3) is 0 Å². The van der Waals surface area contributed by atoms with Crippen LogP contribution >= 0.6 is 0 Å². The number of carbonyl (C=O) groups excluding carboxylic acids is 1. The van der Waals surface area contributed by atoms with Crippen molar-refractivity contribution in [3.63, 3.8) is 0 Å². The van der Waals surface area contributed by atoms with E-state index in [1.54, 1.807) is 0 Å². The highest BCUT2D eigenvalue weighted by molar-refractivity contribution is 7.91. The third-order valence-corrected chi connectivity index (χ3v) is 5.28. The Kier molecular flexibility index (Phi) is 2.27. The molecule has 16 heavy (non-hydrogen) atoms. The molecule has 2 aliphatic rings. The van der Waals surface area contributed by atoms with Gasteiger partial charge in [-0.25, -0.2) is 8.42 Å². The first-order chi connectivity index (χ1) is 7.26. The molecule has 1 N–H and O–H groups in total. The summed E-state index contributed by atoms with van der Waals surface area (Å²) in [6.07, 6.45) is 0. The van der Waals surface area contributed by atoms with Crippen molar-refractivity contribution >= 4 is 21.7 Å². The van der Waals surface area contributed by atoms with Crippen LogP contribution in [-0.2, 0) is 19.4 Å². The van der Waals surface area contributed by atoms with Crippen molar-refractivity contribution in [1.82, 2.24) is 4.90 Å². The molecule has 2 rings (SSSR count). The van der Waals surface area contributed by atoms with Gasteiger partial charge < -0.3 is 10.0 Å². The Morgan fingerprint density at radius 2 is 1.94 bits per heavy atom. The van der Waals surface area contributed by atoms with Crippen LogP contribution in [0.3, 0.4) is 0 Å². The molecule has 2 aliphatic heterocycles. The Morgan fingerprint density at radius 3 is 2.38 bits per heavy atom. The number of hydrogen-bond donors (Lipinski definition) is 1. The van der Waals surface area contributed by atoms with Gasteiger partial charge in [0.15, 0.2) is 9.84 Å². The molecule has 90 valence electrons. The molecule has 1 unspecified atom stereocenters. The van der Waals surface area contributed by atoms with Crippen LogP contribution in [-0.4, -0.2) is 54.9 Å². The lowest BCUT2D eigenvalue weighted by Crippen LogP contribution is -2.62. The second-order valence-electron chi connectivity index (χ2n) is 4.68. The minimum atomic E-state index is -3.28. The van der Waals surface area contributed by atoms with E-state index >= 15 is 0 Å². The zero-order valence-corrected chi connectivity index (χ0v) is 9.66. The van der Waals surface area contributed by atoms with Crippen molar-refractivity contribution in [2.45, 2.75) is 6.92 Å². The second kappa shape index (κ2) is 3.19. The SMILES string of the molecule is CC(=O)N1CC2(C1)CS(=O)(=O)CC2C(=O)O. The molecular formula is C9H13NO5S. The third-order valence-electron chi connectivity index (χ3n) is 3.42. The molecule has 2 heterocycles. The van der Waals surface area contributed by atoms with Crippen molar-refractivity contribution in [3.8, 4) is 0 Å². The van der Waals surface area contributed by atoms with Gasteiger partial charge in [0.25, 0.3) is 0 Å². The van der Waals surface area contributed by atoms with Crippen LogP contribution < -0.4 is 0 Å². The zero-order chi connectivity index (χ0) is 12.1. The molecule has 7 heteroatoms. The molecule has 1 spiro atoms. The molecular weight excluding hydrogens is 234 g/mol. The topological polar surface area (TPSA) is 91.8 Å². The number of hydrogen-bond acceptors (Lipinski definition) is 4. The lowest BCUT2D eigenvalue weighted by Gasteiger charge is -2.49. The first-order valence-corrected chi connectivity index (χ1v) is 6.77. The van der Waals surface area contributed by atoms with E-state index in [0.29, 0.717) is 0 Å². The Labute approximate surface area is 93.1 Å². The second-order valence-corrected chi connectivity index (χ2v) is 6.79. The minimum Gasteiger partial charge on any atom is -0.481 e. The van der Waals surface area contributed by atoms with E-state index in [4.69, 9.17) is 5.11 Å². The number of carboxylic acid groups (broad SMARTS) is 1. The first kappa shape index (κ1) is 11.4. The average molecular weight is 247 g/mol. The fourth-order valence-corrected chi connectivity index (χ4v) is 4.99. The molecule has 0 aromatic heterocycles. The number of carbonyl (C=O) groups is 2. The lowest BCUT2D eigenvalue weighted by molar-refractivity contribution is -0.156. The molecule has 1 amide bonds. The van der Waals surface area contributed by atoms with Gasteiger partial charge in [-0.2, -0.15) is 0 Å². The van der Waals surface area contributed by atoms with E-state index in [0.717, 1.165) is 0 Å². The van der Waals surface area contributed by atoms with Gasteiger partial charge in [0.1, 0.15) is 0 Å². The van der Waals surface area contributed by atoms with Crippen LogP contribution in [0.4, 0.5) is 0 Å². The van der Waals surface area contributed by atoms with Crippen LogP contribution in [0.2, 0.25) is 0 Å². The van der Waals surface area contributed by atoms with Crippen molar-refractivity contribution in [3.05, 3.63) is 0 Å². The van der Waals surface area contributed by atoms with Gasteiger partial charge >= 0.3 is 5.97 Å². The van der Waals surface area contributed by atoms with E-state index in [9.17, 15) is 18.0 Å². The van der Waals surface area contributed by atoms with Crippen molar-refractivity contribution in [1.29, 1.82) is 0 Å². The molecule has 0 aromatic rings. The Hall–Kier alpha value is -1.11. The number of sulfone groups is 1. The summed E-state index contributed by atoms with van der Waals surface area (Å²) >= 11 is 0. The maximum absolute atomic E-state index is 11.5. The van der Waals surface area contributed by atoms with E-state index in [-0.39, 0.29) is 30.5 Å². The molecule has 0 aliphatic carbocycles. The molecule has 2 fully saturated rings. The predicted molar refractivity (Wildman–Crippen MR) is 54.5 cm³/mol. The summed E-state index contributed by atoms with van der Waals surface area (Å²) in [5.41, 5.74) is -0.740. The van der Waals surface area contributed by atoms with Gasteiger partial charge in [-0.1, -0.05) is 0 Å². The molecule has 0 radical (unpaired) electrons. The fourth-order valence-electron chi connectivity index (χ4n) is 2.61. The van der Waals surface area contributed by atoms with Gasteiger partial charge in [-0.15, -0.1) is 0 Å². The van der Waals surface area contributed by atoms with E-state index < -0.39 is 27.1 Å². The monoisotopic (exact) mass is 247 g/mol. The number of aliphatic carboxylic acids is 1. The number of nitrogens with zero attached hydrogens (tertiary/aromatic N) is 1. The quantitative estimate of drug-likeness (QED) is 0.639. The summed E-state index contributed by atoms with van der Waals surface area (Å²) in [5.74, 6) is -2.49. The largest absolute Gasteiger partial charge is 0.481 e. The third kappa shape index (κ3) is 1.59. The summed E-state index contributed by atoms with van der Waals surface area (Å²) < 4.78 is 22.9.